The van der Waals surface area contributed by atoms with E-state index in [0.717, 1.165) is 43.6 Å². The van der Waals surface area contributed by atoms with Crippen LogP contribution < -0.4 is 15.1 Å². The molecule has 0 radical (unpaired) electrons. The van der Waals surface area contributed by atoms with Crippen LogP contribution in [0, 0.1) is 0 Å². The van der Waals surface area contributed by atoms with Crippen LogP contribution in [0.15, 0.2) is 87.8 Å². The Morgan fingerprint density at radius 2 is 1.52 bits per heavy atom. The van der Waals surface area contributed by atoms with Gasteiger partial charge in [0.15, 0.2) is 0 Å². The Bertz CT molecular complexity index is 1220. The van der Waals surface area contributed by atoms with Crippen molar-refractivity contribution >= 4 is 39.8 Å². The maximum atomic E-state index is 9.75. The van der Waals surface area contributed by atoms with Gasteiger partial charge in [0.2, 0.25) is 11.0 Å². The number of benzene rings is 3. The van der Waals surface area contributed by atoms with Crippen molar-refractivity contribution < 1.29 is 31.4 Å². The molecule has 3 aromatic carbocycles. The van der Waals surface area contributed by atoms with Crippen molar-refractivity contribution in [1.29, 1.82) is 0 Å². The zero-order valence-corrected chi connectivity index (χ0v) is 17.9. The molecule has 31 heavy (non-hydrogen) atoms. The van der Waals surface area contributed by atoms with Gasteiger partial charge in [0.1, 0.15) is 17.1 Å². The lowest BCUT2D eigenvalue weighted by atomic mass is 10.1. The molecule has 0 saturated carbocycles. The summed E-state index contributed by atoms with van der Waals surface area (Å²) in [4.78, 5) is 3.50. The third-order valence-electron chi connectivity index (χ3n) is 4.15. The van der Waals surface area contributed by atoms with Crippen LogP contribution in [0.5, 0.6) is 5.75 Å². The van der Waals surface area contributed by atoms with E-state index in [2.05, 4.69) is 27.0 Å². The normalized spacial score (nSPS) is 11.7. The minimum Gasteiger partial charge on any atom is -0.497 e. The van der Waals surface area contributed by atoms with E-state index in [1.54, 1.807) is 7.11 Å². The third kappa shape index (κ3) is 6.72. The van der Waals surface area contributed by atoms with Crippen LogP contribution in [-0.4, -0.2) is 14.4 Å². The molecule has 0 spiro atoms. The largest absolute Gasteiger partial charge is 0.673 e. The quantitative estimate of drug-likeness (QED) is 0.303. The second-order valence-electron chi connectivity index (χ2n) is 6.38. The van der Waals surface area contributed by atoms with E-state index in [-0.39, 0.29) is 0 Å². The third-order valence-corrected chi connectivity index (χ3v) is 4.65. The monoisotopic (exact) mass is 493 g/mol. The van der Waals surface area contributed by atoms with Crippen LogP contribution >= 0.6 is 15.9 Å². The summed E-state index contributed by atoms with van der Waals surface area (Å²) in [6, 6.07) is 26.0. The Kier molecular flexibility index (Phi) is 7.17. The van der Waals surface area contributed by atoms with E-state index < -0.39 is 7.25 Å². The molecule has 4 rings (SSSR count). The van der Waals surface area contributed by atoms with Gasteiger partial charge < -0.3 is 26.4 Å². The first kappa shape index (κ1) is 22.6. The van der Waals surface area contributed by atoms with E-state index in [0.29, 0.717) is 0 Å². The standard InChI is InChI=1S/C22H16BrNO2.BF4/c1-25-18-10-8-17(9-11-18)24-20-14-22(15-5-3-2-4-6-15)26-21-12-7-16(23)13-19(20)21;2-1(3,4)5/h2-14H,1H3;/q;-1/p+1. The maximum absolute atomic E-state index is 9.75. The fourth-order valence-electron chi connectivity index (χ4n) is 2.84. The lowest BCUT2D eigenvalue weighted by Crippen LogP contribution is -2.70. The molecule has 3 nitrogen and oxygen atoms in total. The number of halogens is 5. The summed E-state index contributed by atoms with van der Waals surface area (Å²) in [6.45, 7) is 0. The van der Waals surface area contributed by atoms with Gasteiger partial charge in [-0.15, -0.1) is 0 Å². The summed E-state index contributed by atoms with van der Waals surface area (Å²) in [5.41, 5.74) is 2.85. The van der Waals surface area contributed by atoms with Gasteiger partial charge in [0, 0.05) is 22.2 Å². The van der Waals surface area contributed by atoms with E-state index in [1.807, 2.05) is 72.8 Å². The fourth-order valence-corrected chi connectivity index (χ4v) is 3.20. The van der Waals surface area contributed by atoms with Crippen molar-refractivity contribution in [3.05, 3.63) is 88.7 Å². The molecule has 0 bridgehead atoms. The summed E-state index contributed by atoms with van der Waals surface area (Å²) in [6.07, 6.45) is 0. The first-order chi connectivity index (χ1) is 14.7. The van der Waals surface area contributed by atoms with Crippen LogP contribution in [0.2, 0.25) is 0 Å². The summed E-state index contributed by atoms with van der Waals surface area (Å²) < 4.78 is 51.4. The molecule has 4 aromatic rings. The summed E-state index contributed by atoms with van der Waals surface area (Å²) in [5.74, 6) is 1.65. The number of hydrogen-bond acceptors (Lipinski definition) is 2. The average Bonchev–Trinajstić information content (AvgIpc) is 2.74. The molecule has 0 atom stereocenters. The van der Waals surface area contributed by atoms with Gasteiger partial charge in [-0.05, 0) is 30.3 Å². The summed E-state index contributed by atoms with van der Waals surface area (Å²) in [7, 11) is -4.34. The number of rotatable bonds is 3. The van der Waals surface area contributed by atoms with Gasteiger partial charge in [-0.25, -0.2) is 4.99 Å². The molecule has 1 aromatic heterocycles. The van der Waals surface area contributed by atoms with Gasteiger partial charge in [-0.2, -0.15) is 0 Å². The highest BCUT2D eigenvalue weighted by molar-refractivity contribution is 9.10. The summed E-state index contributed by atoms with van der Waals surface area (Å²) >= 11 is 3.55. The highest BCUT2D eigenvalue weighted by atomic mass is 79.9. The molecule has 1 N–H and O–H groups in total. The Labute approximate surface area is 184 Å². The van der Waals surface area contributed by atoms with Crippen molar-refractivity contribution in [3.63, 3.8) is 0 Å². The zero-order valence-electron chi connectivity index (χ0n) is 16.3. The lowest BCUT2D eigenvalue weighted by molar-refractivity contribution is -0.400. The first-order valence-corrected chi connectivity index (χ1v) is 9.92. The topological polar surface area (TPSA) is 36.3 Å². The fraction of sp³-hybridized carbons (Fsp3) is 0.0455. The van der Waals surface area contributed by atoms with Gasteiger partial charge in [-0.1, -0.05) is 46.3 Å². The van der Waals surface area contributed by atoms with Crippen molar-refractivity contribution in [3.8, 4) is 17.1 Å². The predicted octanol–water partition coefficient (Wildman–Crippen LogP) is 5.48. The number of hydrogen-bond donors (Lipinski definition) is 1. The number of ether oxygens (including phenoxy) is 1. The van der Waals surface area contributed by atoms with Crippen LogP contribution in [-0.2, 0) is 0 Å². The highest BCUT2D eigenvalue weighted by Gasteiger charge is 2.20. The minimum absolute atomic E-state index is 0.816. The maximum Gasteiger partial charge on any atom is 0.673 e. The number of nitrogens with one attached hydrogen (secondary N) is 1. The summed E-state index contributed by atoms with van der Waals surface area (Å²) in [5, 5.41) is 1.99. The Hall–Kier alpha value is -3.07. The molecule has 0 unspecified atom stereocenters. The van der Waals surface area contributed by atoms with Gasteiger partial charge in [-0.3, -0.25) is 0 Å². The molecular formula is C22H17BBrF4NO2. The average molecular weight is 494 g/mol. The van der Waals surface area contributed by atoms with Crippen LogP contribution in [0.3, 0.4) is 0 Å². The Morgan fingerprint density at radius 1 is 0.871 bits per heavy atom. The molecule has 1 heterocycles. The first-order valence-electron chi connectivity index (χ1n) is 9.13. The molecule has 0 aliphatic rings. The van der Waals surface area contributed by atoms with E-state index in [1.165, 1.54) is 0 Å². The SMILES string of the molecule is COc1ccc([NH+]=c2cc(-c3ccccc3)oc3ccc(Br)cc23)cc1.F[B-](F)(F)F. The molecule has 0 aliphatic heterocycles. The van der Waals surface area contributed by atoms with E-state index in [4.69, 9.17) is 9.15 Å². The smallest absolute Gasteiger partial charge is 0.497 e. The molecule has 0 fully saturated rings. The lowest BCUT2D eigenvalue weighted by Gasteiger charge is -2.03. The molecule has 160 valence electrons. The molecule has 0 saturated heterocycles. The minimum atomic E-state index is -6.00. The van der Waals surface area contributed by atoms with Gasteiger partial charge >= 0.3 is 7.25 Å². The van der Waals surface area contributed by atoms with Gasteiger partial charge in [0.25, 0.3) is 0 Å². The second kappa shape index (κ2) is 9.83. The van der Waals surface area contributed by atoms with Crippen LogP contribution in [0.25, 0.3) is 22.3 Å². The molecular weight excluding hydrogens is 477 g/mol. The second-order valence-corrected chi connectivity index (χ2v) is 7.29. The Morgan fingerprint density at radius 3 is 2.13 bits per heavy atom. The van der Waals surface area contributed by atoms with E-state index >= 15 is 0 Å². The van der Waals surface area contributed by atoms with Crippen LogP contribution in [0.1, 0.15) is 0 Å². The molecule has 0 aliphatic carbocycles. The van der Waals surface area contributed by atoms with Gasteiger partial charge in [0.05, 0.1) is 18.6 Å². The van der Waals surface area contributed by atoms with E-state index in [9.17, 15) is 17.3 Å². The highest BCUT2D eigenvalue weighted by Crippen LogP contribution is 2.23. The van der Waals surface area contributed by atoms with Crippen molar-refractivity contribution in [2.75, 3.05) is 7.11 Å². The molecule has 0 amide bonds. The van der Waals surface area contributed by atoms with Crippen molar-refractivity contribution in [1.82, 2.24) is 0 Å². The molecule has 9 heteroatoms. The van der Waals surface area contributed by atoms with Crippen molar-refractivity contribution in [2.45, 2.75) is 0 Å². The number of fused-ring (bicyclic) bond motifs is 1. The van der Waals surface area contributed by atoms with Crippen LogP contribution in [0.4, 0.5) is 23.0 Å². The zero-order chi connectivity index (χ0) is 22.4. The Balaban J connectivity index is 0.000000491. The predicted molar refractivity (Wildman–Crippen MR) is 116 cm³/mol. The van der Waals surface area contributed by atoms with Crippen molar-refractivity contribution in [2.24, 2.45) is 0 Å². The number of methoxy groups -OCH3 is 1.